The quantitative estimate of drug-likeness (QED) is 0.640. The van der Waals surface area contributed by atoms with Crippen molar-refractivity contribution in [3.8, 4) is 0 Å². The molecule has 0 aliphatic heterocycles. The Bertz CT molecular complexity index is 949. The van der Waals surface area contributed by atoms with Gasteiger partial charge in [-0.3, -0.25) is 14.9 Å². The molecule has 2 N–H and O–H groups in total. The number of nitrogens with one attached hydrogen (secondary N) is 2. The molecule has 0 bridgehead atoms. The highest BCUT2D eigenvalue weighted by molar-refractivity contribution is 7.14. The van der Waals surface area contributed by atoms with E-state index >= 15 is 0 Å². The second-order valence-corrected chi connectivity index (χ2v) is 7.30. The summed E-state index contributed by atoms with van der Waals surface area (Å²) in [5.74, 6) is 0.106. The van der Waals surface area contributed by atoms with Crippen molar-refractivity contribution < 1.29 is 14.0 Å². The molecule has 3 aromatic rings. The van der Waals surface area contributed by atoms with E-state index in [1.807, 2.05) is 19.1 Å². The topological polar surface area (TPSA) is 84.2 Å². The van der Waals surface area contributed by atoms with Crippen LogP contribution in [-0.2, 0) is 11.2 Å². The second kappa shape index (κ2) is 8.37. The molecule has 0 radical (unpaired) electrons. The van der Waals surface area contributed by atoms with Gasteiger partial charge in [-0.05, 0) is 37.6 Å². The number of hydrogen-bond donors (Lipinski definition) is 2. The Balaban J connectivity index is 1.55. The van der Waals surface area contributed by atoms with Crippen LogP contribution in [0, 0.1) is 6.92 Å². The van der Waals surface area contributed by atoms with E-state index in [0.29, 0.717) is 27.2 Å². The molecule has 0 aliphatic rings. The fourth-order valence-electron chi connectivity index (χ4n) is 2.52. The third-order valence-electron chi connectivity index (χ3n) is 3.96. The molecule has 0 unspecified atom stereocenters. The fourth-order valence-corrected chi connectivity index (χ4v) is 3.35. The van der Waals surface area contributed by atoms with Crippen LogP contribution in [0.2, 0.25) is 5.02 Å². The van der Waals surface area contributed by atoms with E-state index in [2.05, 4.69) is 15.6 Å². The monoisotopic (exact) mass is 403 g/mol. The predicted octanol–water partition coefficient (Wildman–Crippen LogP) is 4.37. The van der Waals surface area contributed by atoms with E-state index in [1.54, 1.807) is 30.5 Å². The number of hydrogen-bond acceptors (Lipinski definition) is 5. The van der Waals surface area contributed by atoms with Crippen LogP contribution in [0.5, 0.6) is 0 Å². The van der Waals surface area contributed by atoms with Gasteiger partial charge in [0.1, 0.15) is 5.76 Å². The van der Waals surface area contributed by atoms with Gasteiger partial charge in [0.15, 0.2) is 5.13 Å². The predicted molar refractivity (Wildman–Crippen MR) is 105 cm³/mol. The van der Waals surface area contributed by atoms with Gasteiger partial charge in [-0.2, -0.15) is 0 Å². The summed E-state index contributed by atoms with van der Waals surface area (Å²) in [4.78, 5) is 28.7. The minimum absolute atomic E-state index is 0.134. The lowest BCUT2D eigenvalue weighted by molar-refractivity contribution is -0.121. The van der Waals surface area contributed by atoms with Gasteiger partial charge in [-0.15, -0.1) is 11.3 Å². The Morgan fingerprint density at radius 1 is 1.26 bits per heavy atom. The summed E-state index contributed by atoms with van der Waals surface area (Å²) in [5.41, 5.74) is 2.02. The molecule has 3 rings (SSSR count). The zero-order valence-corrected chi connectivity index (χ0v) is 16.4. The molecule has 0 aliphatic carbocycles. The van der Waals surface area contributed by atoms with E-state index in [1.165, 1.54) is 17.6 Å². The van der Waals surface area contributed by atoms with Crippen LogP contribution < -0.4 is 10.6 Å². The van der Waals surface area contributed by atoms with Crippen LogP contribution in [0.4, 0.5) is 5.13 Å². The number of rotatable bonds is 6. The maximum atomic E-state index is 12.3. The fraction of sp³-hybridized carbons (Fsp3) is 0.211. The first-order chi connectivity index (χ1) is 12.9. The Morgan fingerprint density at radius 2 is 2.00 bits per heavy atom. The molecular weight excluding hydrogens is 386 g/mol. The van der Waals surface area contributed by atoms with Crippen molar-refractivity contribution in [2.75, 3.05) is 5.32 Å². The highest BCUT2D eigenvalue weighted by Gasteiger charge is 2.15. The van der Waals surface area contributed by atoms with Gasteiger partial charge in [0.05, 0.1) is 30.0 Å². The van der Waals surface area contributed by atoms with E-state index in [-0.39, 0.29) is 24.3 Å². The smallest absolute Gasteiger partial charge is 0.260 e. The first kappa shape index (κ1) is 19.1. The lowest BCUT2D eigenvalue weighted by Gasteiger charge is -2.14. The van der Waals surface area contributed by atoms with Gasteiger partial charge in [-0.25, -0.2) is 4.98 Å². The van der Waals surface area contributed by atoms with Gasteiger partial charge in [0.2, 0.25) is 5.91 Å². The number of carbonyl (C=O) groups is 2. The Hall–Kier alpha value is -2.64. The Labute approximate surface area is 165 Å². The second-order valence-electron chi connectivity index (χ2n) is 6.01. The van der Waals surface area contributed by atoms with Gasteiger partial charge in [0, 0.05) is 10.4 Å². The van der Waals surface area contributed by atoms with Crippen LogP contribution in [0.25, 0.3) is 0 Å². The van der Waals surface area contributed by atoms with Gasteiger partial charge in [-0.1, -0.05) is 23.7 Å². The number of furan rings is 1. The molecule has 0 fully saturated rings. The third-order valence-corrected chi connectivity index (χ3v) is 5.02. The number of thiazole rings is 1. The van der Waals surface area contributed by atoms with Crippen LogP contribution in [0.1, 0.15) is 40.3 Å². The summed E-state index contributed by atoms with van der Waals surface area (Å²) < 4.78 is 5.12. The first-order valence-corrected chi connectivity index (χ1v) is 9.53. The lowest BCUT2D eigenvalue weighted by atomic mass is 10.1. The molecule has 0 spiro atoms. The summed E-state index contributed by atoms with van der Waals surface area (Å²) in [5, 5.41) is 8.49. The van der Waals surface area contributed by atoms with Crippen molar-refractivity contribution in [2.24, 2.45) is 0 Å². The molecule has 8 heteroatoms. The van der Waals surface area contributed by atoms with Crippen molar-refractivity contribution in [1.29, 1.82) is 0 Å². The van der Waals surface area contributed by atoms with Crippen LogP contribution in [0.15, 0.2) is 46.4 Å². The number of anilines is 1. The number of amides is 2. The SMILES string of the molecule is Cc1occc1C(=O)Nc1nc(CC(=O)N[C@H](C)c2ccc(Cl)cc2)cs1. The number of benzene rings is 1. The third kappa shape index (κ3) is 4.96. The van der Waals surface area contributed by atoms with E-state index in [9.17, 15) is 9.59 Å². The number of nitrogens with zero attached hydrogens (tertiary/aromatic N) is 1. The molecule has 2 amide bonds. The van der Waals surface area contributed by atoms with Crippen molar-refractivity contribution in [3.05, 3.63) is 69.6 Å². The largest absolute Gasteiger partial charge is 0.469 e. The number of aryl methyl sites for hydroxylation is 1. The van der Waals surface area contributed by atoms with Crippen molar-refractivity contribution in [1.82, 2.24) is 10.3 Å². The summed E-state index contributed by atoms with van der Waals surface area (Å²) in [7, 11) is 0. The number of carbonyl (C=O) groups excluding carboxylic acids is 2. The maximum absolute atomic E-state index is 12.3. The van der Waals surface area contributed by atoms with Gasteiger partial charge < -0.3 is 9.73 Å². The molecule has 140 valence electrons. The molecule has 1 aromatic carbocycles. The van der Waals surface area contributed by atoms with E-state index in [4.69, 9.17) is 16.0 Å². The number of aromatic nitrogens is 1. The van der Waals surface area contributed by atoms with E-state index in [0.717, 1.165) is 5.56 Å². The zero-order valence-electron chi connectivity index (χ0n) is 14.8. The molecule has 2 aromatic heterocycles. The van der Waals surface area contributed by atoms with Crippen molar-refractivity contribution in [3.63, 3.8) is 0 Å². The van der Waals surface area contributed by atoms with Crippen LogP contribution in [-0.4, -0.2) is 16.8 Å². The van der Waals surface area contributed by atoms with Gasteiger partial charge in [0.25, 0.3) is 5.91 Å². The molecule has 6 nitrogen and oxygen atoms in total. The average molecular weight is 404 g/mol. The standard InChI is InChI=1S/C19H18ClN3O3S/c1-11(13-3-5-14(20)6-4-13)21-17(24)9-15-10-27-19(22-15)23-18(25)16-7-8-26-12(16)2/h3-8,10-11H,9H2,1-2H3,(H,21,24)(H,22,23,25)/t11-/m1/s1. The average Bonchev–Trinajstić information content (AvgIpc) is 3.24. The first-order valence-electron chi connectivity index (χ1n) is 8.27. The molecule has 0 saturated heterocycles. The molecule has 0 saturated carbocycles. The summed E-state index contributed by atoms with van der Waals surface area (Å²) >= 11 is 7.15. The minimum atomic E-state index is -0.289. The zero-order chi connectivity index (χ0) is 19.4. The van der Waals surface area contributed by atoms with Crippen LogP contribution >= 0.6 is 22.9 Å². The summed E-state index contributed by atoms with van der Waals surface area (Å²) in [6.07, 6.45) is 1.60. The van der Waals surface area contributed by atoms with Crippen LogP contribution in [0.3, 0.4) is 0 Å². The van der Waals surface area contributed by atoms with Crippen molar-refractivity contribution >= 4 is 39.9 Å². The lowest BCUT2D eigenvalue weighted by Crippen LogP contribution is -2.28. The summed E-state index contributed by atoms with van der Waals surface area (Å²) in [6.45, 7) is 3.62. The molecule has 1 atom stereocenters. The number of halogens is 1. The Kier molecular flexibility index (Phi) is 5.93. The normalized spacial score (nSPS) is 11.8. The Morgan fingerprint density at radius 3 is 2.67 bits per heavy atom. The van der Waals surface area contributed by atoms with Gasteiger partial charge >= 0.3 is 0 Å². The van der Waals surface area contributed by atoms with E-state index < -0.39 is 0 Å². The minimum Gasteiger partial charge on any atom is -0.469 e. The highest BCUT2D eigenvalue weighted by Crippen LogP contribution is 2.19. The van der Waals surface area contributed by atoms with Crippen molar-refractivity contribution in [2.45, 2.75) is 26.3 Å². The maximum Gasteiger partial charge on any atom is 0.260 e. The molecule has 2 heterocycles. The highest BCUT2D eigenvalue weighted by atomic mass is 35.5. The molecular formula is C19H18ClN3O3S. The molecule has 27 heavy (non-hydrogen) atoms. The summed E-state index contributed by atoms with van der Waals surface area (Å²) in [6, 6.07) is 8.79.